The molecule has 0 fully saturated rings. The Labute approximate surface area is 90.5 Å². The maximum atomic E-state index is 5.27. The van der Waals surface area contributed by atoms with Gasteiger partial charge in [0.15, 0.2) is 0 Å². The van der Waals surface area contributed by atoms with Crippen LogP contribution in [0.25, 0.3) is 0 Å². The van der Waals surface area contributed by atoms with Gasteiger partial charge in [0.1, 0.15) is 18.0 Å². The molecule has 0 amide bonds. The summed E-state index contributed by atoms with van der Waals surface area (Å²) in [5.74, 6) is 6.71. The third kappa shape index (κ3) is 3.71. The molecule has 0 aliphatic carbocycles. The van der Waals surface area contributed by atoms with Gasteiger partial charge < -0.3 is 10.7 Å². The van der Waals surface area contributed by atoms with E-state index in [1.54, 1.807) is 6.07 Å². The number of nitrogens with two attached hydrogens (primary N) is 1. The van der Waals surface area contributed by atoms with Crippen molar-refractivity contribution in [1.29, 1.82) is 0 Å². The number of aromatic nitrogens is 2. The predicted octanol–water partition coefficient (Wildman–Crippen LogP) is 1.75. The largest absolute Gasteiger partial charge is 0.367 e. The number of rotatable bonds is 6. The fourth-order valence-electron chi connectivity index (χ4n) is 1.45. The van der Waals surface area contributed by atoms with E-state index in [1.807, 2.05) is 0 Å². The fraction of sp³-hybridized carbons (Fsp3) is 0.600. The van der Waals surface area contributed by atoms with Crippen molar-refractivity contribution >= 4 is 11.6 Å². The smallest absolute Gasteiger partial charge is 0.145 e. The Morgan fingerprint density at radius 2 is 2.07 bits per heavy atom. The molecule has 5 nitrogen and oxygen atoms in total. The van der Waals surface area contributed by atoms with Crippen molar-refractivity contribution in [3.05, 3.63) is 12.4 Å². The Hall–Kier alpha value is -1.36. The van der Waals surface area contributed by atoms with Crippen LogP contribution in [0.1, 0.15) is 33.1 Å². The lowest BCUT2D eigenvalue weighted by Gasteiger charge is -2.16. The molecule has 0 aliphatic heterocycles. The highest BCUT2D eigenvalue weighted by atomic mass is 15.3. The summed E-state index contributed by atoms with van der Waals surface area (Å²) < 4.78 is 0. The van der Waals surface area contributed by atoms with E-state index >= 15 is 0 Å². The van der Waals surface area contributed by atoms with Crippen LogP contribution in [0.4, 0.5) is 11.6 Å². The van der Waals surface area contributed by atoms with Crippen molar-refractivity contribution in [3.8, 4) is 0 Å². The molecule has 4 N–H and O–H groups in total. The monoisotopic (exact) mass is 209 g/mol. The topological polar surface area (TPSA) is 75.9 Å². The molecule has 84 valence electrons. The first-order chi connectivity index (χ1) is 7.30. The normalized spacial score (nSPS) is 12.2. The van der Waals surface area contributed by atoms with Crippen LogP contribution in [-0.2, 0) is 0 Å². The van der Waals surface area contributed by atoms with Crippen molar-refractivity contribution in [2.24, 2.45) is 5.84 Å². The lowest BCUT2D eigenvalue weighted by Crippen LogP contribution is -2.19. The first-order valence-corrected chi connectivity index (χ1v) is 5.35. The quantitative estimate of drug-likeness (QED) is 0.491. The van der Waals surface area contributed by atoms with Crippen LogP contribution in [-0.4, -0.2) is 16.0 Å². The maximum Gasteiger partial charge on any atom is 0.145 e. The molecular weight excluding hydrogens is 190 g/mol. The average molecular weight is 209 g/mol. The van der Waals surface area contributed by atoms with Crippen LogP contribution in [0.3, 0.4) is 0 Å². The van der Waals surface area contributed by atoms with Gasteiger partial charge in [-0.1, -0.05) is 20.3 Å². The third-order valence-corrected chi connectivity index (χ3v) is 2.30. The van der Waals surface area contributed by atoms with Gasteiger partial charge in [0, 0.05) is 12.1 Å². The van der Waals surface area contributed by atoms with E-state index in [-0.39, 0.29) is 0 Å². The maximum absolute atomic E-state index is 5.27. The second-order valence-electron chi connectivity index (χ2n) is 3.47. The Morgan fingerprint density at radius 3 is 2.67 bits per heavy atom. The minimum atomic E-state index is 0.468. The molecular formula is C10H19N5. The molecule has 1 aromatic rings. The molecule has 1 rings (SSSR count). The molecule has 0 spiro atoms. The van der Waals surface area contributed by atoms with Gasteiger partial charge in [0.2, 0.25) is 0 Å². The highest BCUT2D eigenvalue weighted by Gasteiger charge is 2.05. The summed E-state index contributed by atoms with van der Waals surface area (Å²) >= 11 is 0. The standard InChI is InChI=1S/C10H19N5/c1-3-5-8(4-2)14-9-6-10(15-11)13-7-12-9/h6-8H,3-5,11H2,1-2H3,(H2,12,13,14,15). The Kier molecular flexibility index (Phi) is 4.83. The van der Waals surface area contributed by atoms with Gasteiger partial charge >= 0.3 is 0 Å². The molecule has 0 saturated carbocycles. The summed E-state index contributed by atoms with van der Waals surface area (Å²) in [6.07, 6.45) is 4.89. The number of hydrazine groups is 1. The van der Waals surface area contributed by atoms with Crippen molar-refractivity contribution in [1.82, 2.24) is 9.97 Å². The summed E-state index contributed by atoms with van der Waals surface area (Å²) in [4.78, 5) is 8.09. The first-order valence-electron chi connectivity index (χ1n) is 5.35. The van der Waals surface area contributed by atoms with Gasteiger partial charge in [-0.2, -0.15) is 0 Å². The Morgan fingerprint density at radius 1 is 1.33 bits per heavy atom. The zero-order valence-corrected chi connectivity index (χ0v) is 9.33. The van der Waals surface area contributed by atoms with Gasteiger partial charge in [0.25, 0.3) is 0 Å². The van der Waals surface area contributed by atoms with E-state index in [0.29, 0.717) is 11.9 Å². The SMILES string of the molecule is CCCC(CC)Nc1cc(NN)ncn1. The minimum absolute atomic E-state index is 0.468. The van der Waals surface area contributed by atoms with E-state index < -0.39 is 0 Å². The van der Waals surface area contributed by atoms with E-state index in [1.165, 1.54) is 12.7 Å². The molecule has 0 radical (unpaired) electrons. The molecule has 0 saturated heterocycles. The molecule has 1 unspecified atom stereocenters. The van der Waals surface area contributed by atoms with E-state index in [4.69, 9.17) is 5.84 Å². The fourth-order valence-corrected chi connectivity index (χ4v) is 1.45. The van der Waals surface area contributed by atoms with Crippen LogP contribution >= 0.6 is 0 Å². The number of nitrogens with one attached hydrogen (secondary N) is 2. The average Bonchev–Trinajstić information content (AvgIpc) is 2.29. The Bertz CT molecular complexity index is 289. The highest BCUT2D eigenvalue weighted by molar-refractivity contribution is 5.46. The molecule has 0 bridgehead atoms. The Balaban J connectivity index is 2.61. The first kappa shape index (κ1) is 11.7. The molecule has 0 aromatic carbocycles. The van der Waals surface area contributed by atoms with Crippen LogP contribution in [0, 0.1) is 0 Å². The van der Waals surface area contributed by atoms with E-state index in [2.05, 4.69) is 34.6 Å². The second kappa shape index (κ2) is 6.19. The number of hydrogen-bond donors (Lipinski definition) is 3. The summed E-state index contributed by atoms with van der Waals surface area (Å²) in [7, 11) is 0. The molecule has 1 heterocycles. The van der Waals surface area contributed by atoms with Crippen molar-refractivity contribution in [2.75, 3.05) is 10.7 Å². The van der Waals surface area contributed by atoms with Crippen molar-refractivity contribution in [2.45, 2.75) is 39.2 Å². The molecule has 0 aliphatic rings. The van der Waals surface area contributed by atoms with Crippen LogP contribution in [0.2, 0.25) is 0 Å². The lowest BCUT2D eigenvalue weighted by molar-refractivity contribution is 0.620. The number of anilines is 2. The van der Waals surface area contributed by atoms with Crippen molar-refractivity contribution < 1.29 is 0 Å². The van der Waals surface area contributed by atoms with E-state index in [0.717, 1.165) is 18.7 Å². The molecule has 15 heavy (non-hydrogen) atoms. The van der Waals surface area contributed by atoms with Crippen LogP contribution in [0.5, 0.6) is 0 Å². The number of nitrogen functional groups attached to an aromatic ring is 1. The minimum Gasteiger partial charge on any atom is -0.367 e. The van der Waals surface area contributed by atoms with Crippen LogP contribution < -0.4 is 16.6 Å². The second-order valence-corrected chi connectivity index (χ2v) is 3.47. The summed E-state index contributed by atoms with van der Waals surface area (Å²) in [5.41, 5.74) is 2.50. The highest BCUT2D eigenvalue weighted by Crippen LogP contribution is 2.12. The van der Waals surface area contributed by atoms with E-state index in [9.17, 15) is 0 Å². The zero-order chi connectivity index (χ0) is 11.1. The van der Waals surface area contributed by atoms with Gasteiger partial charge in [-0.05, 0) is 12.8 Å². The molecule has 1 aromatic heterocycles. The summed E-state index contributed by atoms with van der Waals surface area (Å²) in [6.45, 7) is 4.34. The summed E-state index contributed by atoms with van der Waals surface area (Å²) in [5, 5.41) is 3.36. The zero-order valence-electron chi connectivity index (χ0n) is 9.33. The van der Waals surface area contributed by atoms with Crippen molar-refractivity contribution in [3.63, 3.8) is 0 Å². The summed E-state index contributed by atoms with van der Waals surface area (Å²) in [6, 6.07) is 2.27. The number of nitrogens with zero attached hydrogens (tertiary/aromatic N) is 2. The molecule has 1 atom stereocenters. The predicted molar refractivity (Wildman–Crippen MR) is 62.5 cm³/mol. The van der Waals surface area contributed by atoms with Gasteiger partial charge in [0.05, 0.1) is 0 Å². The van der Waals surface area contributed by atoms with Gasteiger partial charge in [-0.3, -0.25) is 0 Å². The third-order valence-electron chi connectivity index (χ3n) is 2.30. The van der Waals surface area contributed by atoms with Gasteiger partial charge in [-0.25, -0.2) is 15.8 Å². The van der Waals surface area contributed by atoms with Gasteiger partial charge in [-0.15, -0.1) is 0 Å². The molecule has 5 heteroatoms. The lowest BCUT2D eigenvalue weighted by atomic mass is 10.1. The van der Waals surface area contributed by atoms with Crippen LogP contribution in [0.15, 0.2) is 12.4 Å². The number of hydrogen-bond acceptors (Lipinski definition) is 5.